The molecule has 34 heavy (non-hydrogen) atoms. The number of carbonyl (C=O) groups is 3. The molecular weight excluding hydrogens is 491 g/mol. The van der Waals surface area contributed by atoms with E-state index in [9.17, 15) is 14.4 Å². The number of aryl methyl sites for hydroxylation is 1. The van der Waals surface area contributed by atoms with E-state index in [0.717, 1.165) is 36.1 Å². The van der Waals surface area contributed by atoms with Crippen LogP contribution >= 0.6 is 34.5 Å². The summed E-state index contributed by atoms with van der Waals surface area (Å²) >= 11 is 13.7. The minimum absolute atomic E-state index is 0.0998. The van der Waals surface area contributed by atoms with Crippen molar-refractivity contribution in [2.45, 2.75) is 32.1 Å². The summed E-state index contributed by atoms with van der Waals surface area (Å²) in [4.78, 5) is 42.1. The van der Waals surface area contributed by atoms with E-state index in [4.69, 9.17) is 23.2 Å². The zero-order valence-electron chi connectivity index (χ0n) is 18.3. The van der Waals surface area contributed by atoms with Crippen molar-refractivity contribution in [2.75, 3.05) is 16.8 Å². The van der Waals surface area contributed by atoms with Crippen LogP contribution in [0.2, 0.25) is 10.0 Å². The maximum Gasteiger partial charge on any atom is 0.230 e. The van der Waals surface area contributed by atoms with Gasteiger partial charge in [-0.05, 0) is 67.6 Å². The Balaban J connectivity index is 1.41. The third-order valence-corrected chi connectivity index (χ3v) is 8.16. The molecule has 0 spiro atoms. The summed E-state index contributed by atoms with van der Waals surface area (Å²) in [5.74, 6) is -1.05. The molecule has 1 saturated heterocycles. The van der Waals surface area contributed by atoms with Crippen molar-refractivity contribution in [3.63, 3.8) is 0 Å². The summed E-state index contributed by atoms with van der Waals surface area (Å²) in [5.41, 5.74) is 2.75. The van der Waals surface area contributed by atoms with Gasteiger partial charge in [0.25, 0.3) is 0 Å². The van der Waals surface area contributed by atoms with Gasteiger partial charge in [0.2, 0.25) is 11.8 Å². The highest BCUT2D eigenvalue weighted by atomic mass is 35.5. The summed E-state index contributed by atoms with van der Waals surface area (Å²) in [6.45, 7) is 0.250. The number of hydrogen-bond acceptors (Lipinski definition) is 4. The number of thiophene rings is 1. The molecule has 0 bridgehead atoms. The number of ketones is 1. The first kappa shape index (κ1) is 23.1. The minimum Gasteiger partial charge on any atom is -0.317 e. The van der Waals surface area contributed by atoms with Gasteiger partial charge in [-0.25, -0.2) is 0 Å². The van der Waals surface area contributed by atoms with Gasteiger partial charge in [-0.1, -0.05) is 35.3 Å². The first-order valence-electron chi connectivity index (χ1n) is 11.2. The summed E-state index contributed by atoms with van der Waals surface area (Å²) in [7, 11) is 0. The molecule has 2 amide bonds. The fourth-order valence-corrected chi connectivity index (χ4v) is 6.29. The zero-order chi connectivity index (χ0) is 23.8. The van der Waals surface area contributed by atoms with Gasteiger partial charge in [-0.2, -0.15) is 0 Å². The van der Waals surface area contributed by atoms with Crippen molar-refractivity contribution in [1.29, 1.82) is 0 Å². The molecule has 1 unspecified atom stereocenters. The highest BCUT2D eigenvalue weighted by Gasteiger charge is 2.37. The quantitative estimate of drug-likeness (QED) is 0.416. The molecule has 0 radical (unpaired) electrons. The van der Waals surface area contributed by atoms with Crippen molar-refractivity contribution in [3.8, 4) is 0 Å². The standard InChI is InChI=1S/C26H22Cl2N2O3S/c27-17-11-9-15(10-12-17)24(32)23-18-5-1-4-8-21(18)34-26(23)29-25(33)16-13-22(31)30(14-16)20-7-3-2-6-19(20)28/h2-3,6-7,9-12,16H,1,4-5,8,13-14H2,(H,29,33). The van der Waals surface area contributed by atoms with E-state index in [0.29, 0.717) is 31.9 Å². The van der Waals surface area contributed by atoms with E-state index in [1.54, 1.807) is 47.4 Å². The van der Waals surface area contributed by atoms with Gasteiger partial charge in [0.15, 0.2) is 5.78 Å². The molecule has 1 atom stereocenters. The smallest absolute Gasteiger partial charge is 0.230 e. The molecule has 1 aliphatic heterocycles. The molecule has 2 aliphatic rings. The Morgan fingerprint density at radius 1 is 1.00 bits per heavy atom. The fourth-order valence-electron chi connectivity index (χ4n) is 4.64. The van der Waals surface area contributed by atoms with Crippen molar-refractivity contribution in [1.82, 2.24) is 0 Å². The first-order valence-corrected chi connectivity index (χ1v) is 12.8. The van der Waals surface area contributed by atoms with Gasteiger partial charge in [0.1, 0.15) is 5.00 Å². The molecule has 2 heterocycles. The van der Waals surface area contributed by atoms with E-state index in [-0.39, 0.29) is 30.6 Å². The summed E-state index contributed by atoms with van der Waals surface area (Å²) in [6.07, 6.45) is 3.90. The molecule has 1 aliphatic carbocycles. The number of carbonyl (C=O) groups excluding carboxylic acids is 3. The number of para-hydroxylation sites is 1. The normalized spacial score (nSPS) is 17.5. The zero-order valence-corrected chi connectivity index (χ0v) is 20.6. The van der Waals surface area contributed by atoms with Gasteiger partial charge in [-0.3, -0.25) is 14.4 Å². The van der Waals surface area contributed by atoms with Crippen molar-refractivity contribution >= 4 is 62.8 Å². The van der Waals surface area contributed by atoms with E-state index >= 15 is 0 Å². The Morgan fingerprint density at radius 3 is 2.50 bits per heavy atom. The van der Waals surface area contributed by atoms with E-state index in [1.807, 2.05) is 6.07 Å². The Morgan fingerprint density at radius 2 is 1.74 bits per heavy atom. The predicted octanol–water partition coefficient (Wildman–Crippen LogP) is 6.16. The molecule has 1 fully saturated rings. The second-order valence-electron chi connectivity index (χ2n) is 8.60. The van der Waals surface area contributed by atoms with Crippen LogP contribution in [0, 0.1) is 5.92 Å². The molecule has 1 aromatic heterocycles. The van der Waals surface area contributed by atoms with Crippen LogP contribution in [-0.4, -0.2) is 24.1 Å². The van der Waals surface area contributed by atoms with Gasteiger partial charge >= 0.3 is 0 Å². The van der Waals surface area contributed by atoms with Gasteiger partial charge in [0.05, 0.1) is 22.2 Å². The van der Waals surface area contributed by atoms with Crippen molar-refractivity contribution in [2.24, 2.45) is 5.92 Å². The molecule has 174 valence electrons. The molecule has 3 aromatic rings. The fraction of sp³-hybridized carbons (Fsp3) is 0.269. The number of nitrogens with zero attached hydrogens (tertiary/aromatic N) is 1. The number of fused-ring (bicyclic) bond motifs is 1. The van der Waals surface area contributed by atoms with Crippen LogP contribution in [0.5, 0.6) is 0 Å². The van der Waals surface area contributed by atoms with Crippen molar-refractivity contribution in [3.05, 3.63) is 80.1 Å². The first-order chi connectivity index (χ1) is 16.4. The highest BCUT2D eigenvalue weighted by Crippen LogP contribution is 2.40. The number of nitrogens with one attached hydrogen (secondary N) is 1. The number of amides is 2. The summed E-state index contributed by atoms with van der Waals surface area (Å²) < 4.78 is 0. The molecular formula is C26H22Cl2N2O3S. The number of rotatable bonds is 5. The van der Waals surface area contributed by atoms with Gasteiger partial charge in [-0.15, -0.1) is 11.3 Å². The molecule has 1 N–H and O–H groups in total. The second-order valence-corrected chi connectivity index (χ2v) is 10.5. The van der Waals surface area contributed by atoms with Crippen LogP contribution in [0.3, 0.4) is 0 Å². The van der Waals surface area contributed by atoms with Gasteiger partial charge < -0.3 is 10.2 Å². The van der Waals surface area contributed by atoms with Gasteiger partial charge in [0, 0.05) is 28.4 Å². The number of benzene rings is 2. The second kappa shape index (κ2) is 9.53. The van der Waals surface area contributed by atoms with E-state index in [2.05, 4.69) is 5.32 Å². The van der Waals surface area contributed by atoms with Crippen LogP contribution < -0.4 is 10.2 Å². The molecule has 8 heteroatoms. The molecule has 0 saturated carbocycles. The van der Waals surface area contributed by atoms with Crippen LogP contribution in [0.15, 0.2) is 48.5 Å². The van der Waals surface area contributed by atoms with E-state index < -0.39 is 5.92 Å². The van der Waals surface area contributed by atoms with Crippen LogP contribution in [0.4, 0.5) is 10.7 Å². The lowest BCUT2D eigenvalue weighted by Crippen LogP contribution is -2.28. The van der Waals surface area contributed by atoms with Crippen LogP contribution in [0.1, 0.15) is 45.6 Å². The monoisotopic (exact) mass is 512 g/mol. The lowest BCUT2D eigenvalue weighted by Gasteiger charge is -2.18. The summed E-state index contributed by atoms with van der Waals surface area (Å²) in [6, 6.07) is 13.9. The van der Waals surface area contributed by atoms with E-state index in [1.165, 1.54) is 11.3 Å². The highest BCUT2D eigenvalue weighted by molar-refractivity contribution is 7.17. The molecule has 5 nitrogen and oxygen atoms in total. The minimum atomic E-state index is -0.526. The average molecular weight is 513 g/mol. The number of anilines is 2. The Bertz CT molecular complexity index is 1290. The number of hydrogen-bond donors (Lipinski definition) is 1. The lowest BCUT2D eigenvalue weighted by atomic mass is 9.92. The molecule has 5 rings (SSSR count). The van der Waals surface area contributed by atoms with Crippen LogP contribution in [0.25, 0.3) is 0 Å². The maximum absolute atomic E-state index is 13.5. The topological polar surface area (TPSA) is 66.5 Å². The third-order valence-electron chi connectivity index (χ3n) is 6.38. The number of halogens is 2. The van der Waals surface area contributed by atoms with Crippen molar-refractivity contribution < 1.29 is 14.4 Å². The summed E-state index contributed by atoms with van der Waals surface area (Å²) in [5, 5.41) is 4.60. The lowest BCUT2D eigenvalue weighted by molar-refractivity contribution is -0.122. The molecule has 2 aromatic carbocycles. The SMILES string of the molecule is O=C(c1ccc(Cl)cc1)c1c(NC(=O)C2CC(=O)N(c3ccccc3Cl)C2)sc2c1CCCC2. The predicted molar refractivity (Wildman–Crippen MR) is 136 cm³/mol. The van der Waals surface area contributed by atoms with Crippen LogP contribution in [-0.2, 0) is 22.4 Å². The third kappa shape index (κ3) is 4.38. The Kier molecular flexibility index (Phi) is 6.47. The Labute approximate surface area is 211 Å². The Hall–Kier alpha value is -2.67. The average Bonchev–Trinajstić information content (AvgIpc) is 3.39. The maximum atomic E-state index is 13.5. The largest absolute Gasteiger partial charge is 0.317 e.